The Morgan fingerprint density at radius 3 is 2.67 bits per heavy atom. The van der Waals surface area contributed by atoms with Crippen LogP contribution in [0.15, 0.2) is 24.4 Å². The zero-order valence-corrected chi connectivity index (χ0v) is 13.2. The van der Waals surface area contributed by atoms with E-state index in [1.54, 1.807) is 16.9 Å². The zero-order chi connectivity index (χ0) is 12.3. The Balaban J connectivity index is 0.00000162. The maximum Gasteiger partial charge on any atom is 0.0543 e. The molecule has 1 radical (unpaired) electrons. The molecule has 2 aromatic rings. The van der Waals surface area contributed by atoms with Crippen LogP contribution in [-0.4, -0.2) is 28.9 Å². The molecule has 0 aliphatic rings. The van der Waals surface area contributed by atoms with Gasteiger partial charge in [-0.2, -0.15) is 0 Å². The second-order valence-corrected chi connectivity index (χ2v) is 4.19. The summed E-state index contributed by atoms with van der Waals surface area (Å²) in [4.78, 5) is 6.67. The van der Waals surface area contributed by atoms with Gasteiger partial charge in [-0.05, 0) is 12.5 Å². The van der Waals surface area contributed by atoms with Crippen LogP contribution in [-0.2, 0) is 26.5 Å². The molecule has 0 atom stereocenters. The van der Waals surface area contributed by atoms with E-state index in [2.05, 4.69) is 34.2 Å². The van der Waals surface area contributed by atoms with E-state index in [9.17, 15) is 0 Å². The fourth-order valence-electron chi connectivity index (χ4n) is 1.67. The Morgan fingerprint density at radius 2 is 2.11 bits per heavy atom. The molecule has 2 heterocycles. The normalized spacial score (nSPS) is 9.94. The third-order valence-corrected chi connectivity index (χ3v) is 2.54. The minimum atomic E-state index is 0. The average molecular weight is 422 g/mol. The van der Waals surface area contributed by atoms with Crippen LogP contribution < -0.4 is 4.90 Å². The van der Waals surface area contributed by atoms with E-state index >= 15 is 0 Å². The van der Waals surface area contributed by atoms with Crippen LogP contribution in [0.5, 0.6) is 0 Å². The summed E-state index contributed by atoms with van der Waals surface area (Å²) >= 11 is 0. The number of hydrogen-bond acceptors (Lipinski definition) is 3. The predicted octanol–water partition coefficient (Wildman–Crippen LogP) is 2.08. The fraction of sp³-hybridized carbons (Fsp3) is 0.385. The summed E-state index contributed by atoms with van der Waals surface area (Å²) in [7, 11) is 4.06. The maximum absolute atomic E-state index is 4.59. The van der Waals surface area contributed by atoms with Crippen molar-refractivity contribution in [2.24, 2.45) is 0 Å². The van der Waals surface area contributed by atoms with E-state index in [4.69, 9.17) is 0 Å². The molecule has 0 unspecified atom stereocenters. The van der Waals surface area contributed by atoms with Crippen LogP contribution in [0.3, 0.4) is 0 Å². The molecule has 0 bridgehead atoms. The number of aromatic nitrogens is 3. The van der Waals surface area contributed by atoms with Gasteiger partial charge in [0, 0.05) is 45.6 Å². The Labute approximate surface area is 121 Å². The quantitative estimate of drug-likeness (QED) is 0.709. The largest absolute Gasteiger partial charge is 0.378 e. The first-order chi connectivity index (χ1) is 8.20. The van der Waals surface area contributed by atoms with E-state index in [0.717, 1.165) is 30.0 Å². The van der Waals surface area contributed by atoms with Crippen LogP contribution in [0.2, 0.25) is 0 Å². The van der Waals surface area contributed by atoms with Crippen molar-refractivity contribution in [3.8, 4) is 5.82 Å². The minimum Gasteiger partial charge on any atom is -0.378 e. The molecule has 99 valence electrons. The third kappa shape index (κ3) is 3.40. The molecule has 18 heavy (non-hydrogen) atoms. The monoisotopic (exact) mass is 422 g/mol. The zero-order valence-electron chi connectivity index (χ0n) is 10.8. The van der Waals surface area contributed by atoms with Gasteiger partial charge < -0.3 is 9.58 Å². The summed E-state index contributed by atoms with van der Waals surface area (Å²) in [6.07, 6.45) is 6.80. The molecule has 4 nitrogen and oxygen atoms in total. The summed E-state index contributed by atoms with van der Waals surface area (Å²) in [5.41, 5.74) is 2.24. The van der Waals surface area contributed by atoms with Gasteiger partial charge in [0.25, 0.3) is 0 Å². The first-order valence-electron chi connectivity index (χ1n) is 5.81. The van der Waals surface area contributed by atoms with Gasteiger partial charge in [-0.15, -0.1) is 6.07 Å². The average Bonchev–Trinajstić information content (AvgIpc) is 2.82. The minimum absolute atomic E-state index is 0. The number of pyridine rings is 1. The summed E-state index contributed by atoms with van der Waals surface area (Å²) in [5, 5.41) is 4.17. The van der Waals surface area contributed by atoms with Crippen LogP contribution in [0, 0.1) is 6.20 Å². The van der Waals surface area contributed by atoms with E-state index in [1.807, 2.05) is 20.2 Å². The van der Waals surface area contributed by atoms with E-state index in [-0.39, 0.29) is 20.1 Å². The van der Waals surface area contributed by atoms with Gasteiger partial charge in [0.05, 0.1) is 5.82 Å². The summed E-state index contributed by atoms with van der Waals surface area (Å²) in [6.45, 7) is 2.16. The second kappa shape index (κ2) is 6.66. The van der Waals surface area contributed by atoms with Crippen molar-refractivity contribution >= 4 is 5.69 Å². The van der Waals surface area contributed by atoms with Crippen molar-refractivity contribution in [1.82, 2.24) is 14.8 Å². The summed E-state index contributed by atoms with van der Waals surface area (Å²) in [5.74, 6) is 0.824. The van der Waals surface area contributed by atoms with Gasteiger partial charge in [0.2, 0.25) is 0 Å². The molecule has 0 saturated heterocycles. The Kier molecular flexibility index (Phi) is 5.51. The molecule has 0 aliphatic carbocycles. The first kappa shape index (κ1) is 14.9. The first-order valence-corrected chi connectivity index (χ1v) is 5.81. The number of aryl methyl sites for hydroxylation is 1. The van der Waals surface area contributed by atoms with Gasteiger partial charge in [0.15, 0.2) is 0 Å². The molecular formula is C13H17IrN4-. The smallest absolute Gasteiger partial charge is 0.0543 e. The van der Waals surface area contributed by atoms with Crippen molar-refractivity contribution < 1.29 is 20.1 Å². The van der Waals surface area contributed by atoms with Crippen LogP contribution in [0.25, 0.3) is 5.82 Å². The summed E-state index contributed by atoms with van der Waals surface area (Å²) < 4.78 is 1.67. The second-order valence-electron chi connectivity index (χ2n) is 4.19. The number of rotatable bonds is 4. The van der Waals surface area contributed by atoms with Gasteiger partial charge in [-0.3, -0.25) is 10.1 Å². The molecule has 2 rings (SSSR count). The van der Waals surface area contributed by atoms with Gasteiger partial charge >= 0.3 is 0 Å². The summed E-state index contributed by atoms with van der Waals surface area (Å²) in [6, 6.07) is 5.92. The van der Waals surface area contributed by atoms with E-state index < -0.39 is 0 Å². The third-order valence-electron chi connectivity index (χ3n) is 2.54. The van der Waals surface area contributed by atoms with Crippen molar-refractivity contribution in [2.45, 2.75) is 19.8 Å². The van der Waals surface area contributed by atoms with Crippen molar-refractivity contribution in [1.29, 1.82) is 0 Å². The number of anilines is 1. The van der Waals surface area contributed by atoms with Gasteiger partial charge in [-0.1, -0.05) is 31.8 Å². The maximum atomic E-state index is 4.59. The van der Waals surface area contributed by atoms with Crippen molar-refractivity contribution in [2.75, 3.05) is 19.0 Å². The molecule has 2 aromatic heterocycles. The molecule has 0 aliphatic heterocycles. The number of nitrogens with zero attached hydrogens (tertiary/aromatic N) is 4. The molecule has 0 spiro atoms. The molecule has 0 fully saturated rings. The molecule has 0 aromatic carbocycles. The van der Waals surface area contributed by atoms with Gasteiger partial charge in [0.1, 0.15) is 0 Å². The Morgan fingerprint density at radius 1 is 1.33 bits per heavy atom. The van der Waals surface area contributed by atoms with Crippen LogP contribution in [0.1, 0.15) is 19.0 Å². The van der Waals surface area contributed by atoms with Crippen molar-refractivity contribution in [3.05, 3.63) is 36.3 Å². The van der Waals surface area contributed by atoms with Crippen LogP contribution in [0.4, 0.5) is 5.69 Å². The van der Waals surface area contributed by atoms with Gasteiger partial charge in [-0.25, -0.2) is 0 Å². The fourth-order valence-corrected chi connectivity index (χ4v) is 1.67. The van der Waals surface area contributed by atoms with Crippen molar-refractivity contribution in [3.63, 3.8) is 0 Å². The van der Waals surface area contributed by atoms with E-state index in [1.165, 1.54) is 0 Å². The molecule has 0 amide bonds. The number of hydrogen-bond donors (Lipinski definition) is 0. The predicted molar refractivity (Wildman–Crippen MR) is 68.5 cm³/mol. The topological polar surface area (TPSA) is 34.0 Å². The molecule has 0 N–H and O–H groups in total. The van der Waals surface area contributed by atoms with E-state index in [0.29, 0.717) is 0 Å². The van der Waals surface area contributed by atoms with Crippen LogP contribution >= 0.6 is 0 Å². The molecule has 0 saturated carbocycles. The molecule has 5 heteroatoms. The molecular weight excluding hydrogens is 404 g/mol. The Bertz CT molecular complexity index is 480. The standard InChI is InChI=1S/C13H17N4.Ir/c1-4-6-11-9-12(16(2)3)10-13(15-11)17-8-5-7-14-17;/h5,7,9-10H,4,6H2,1-3H3;/q-1;. The SMILES string of the molecule is CCCc1cc(N(C)C)cc(-n2[c-]ccn2)n1.[Ir]. The Hall–Kier alpha value is -1.19.